The van der Waals surface area contributed by atoms with Gasteiger partial charge in [-0.1, -0.05) is 109 Å². The third kappa shape index (κ3) is 4.87. The monoisotopic (exact) mass is 511 g/mol. The first-order chi connectivity index (χ1) is 17.9. The van der Waals surface area contributed by atoms with Gasteiger partial charge in [-0.2, -0.15) is 0 Å². The van der Waals surface area contributed by atoms with Gasteiger partial charge in [-0.25, -0.2) is 8.42 Å². The molecule has 2 atom stereocenters. The summed E-state index contributed by atoms with van der Waals surface area (Å²) in [5.74, 6) is -0.314. The van der Waals surface area contributed by atoms with Crippen LogP contribution in [0.4, 0.5) is 0 Å². The zero-order valence-electron chi connectivity index (χ0n) is 21.1. The van der Waals surface area contributed by atoms with Crippen molar-refractivity contribution in [1.82, 2.24) is 4.90 Å². The highest BCUT2D eigenvalue weighted by atomic mass is 32.2. The molecular weight excluding hydrogens is 478 g/mol. The molecule has 1 unspecified atom stereocenters. The van der Waals surface area contributed by atoms with E-state index < -0.39 is 21.5 Å². The highest BCUT2D eigenvalue weighted by molar-refractivity contribution is 7.91. The minimum atomic E-state index is -3.65. The predicted octanol–water partition coefficient (Wildman–Crippen LogP) is 5.59. The molecule has 1 saturated heterocycles. The summed E-state index contributed by atoms with van der Waals surface area (Å²) in [7, 11) is -3.65. The minimum Gasteiger partial charge on any atom is -0.390 e. The molecule has 4 aromatic carbocycles. The Morgan fingerprint density at radius 3 is 1.70 bits per heavy atom. The molecule has 190 valence electrons. The van der Waals surface area contributed by atoms with Gasteiger partial charge in [0, 0.05) is 12.6 Å². The van der Waals surface area contributed by atoms with E-state index in [-0.39, 0.29) is 16.7 Å². The molecule has 37 heavy (non-hydrogen) atoms. The molecule has 1 aliphatic rings. The van der Waals surface area contributed by atoms with E-state index >= 15 is 0 Å². The molecule has 4 nitrogen and oxygen atoms in total. The molecule has 0 radical (unpaired) electrons. The Hall–Kier alpha value is -3.25. The van der Waals surface area contributed by atoms with Gasteiger partial charge in [-0.05, 0) is 48.6 Å². The van der Waals surface area contributed by atoms with Gasteiger partial charge in [-0.15, -0.1) is 0 Å². The molecule has 1 heterocycles. The van der Waals surface area contributed by atoms with Gasteiger partial charge in [0.1, 0.15) is 0 Å². The number of sulfone groups is 1. The number of rotatable bonds is 8. The van der Waals surface area contributed by atoms with Gasteiger partial charge in [0.15, 0.2) is 9.84 Å². The fourth-order valence-electron chi connectivity index (χ4n) is 5.82. The number of likely N-dealkylation sites (tertiary alicyclic amines) is 1. The smallest absolute Gasteiger partial charge is 0.180 e. The molecule has 1 N–H and O–H groups in total. The summed E-state index contributed by atoms with van der Waals surface area (Å²) in [6.45, 7) is 2.67. The molecule has 0 saturated carbocycles. The molecule has 1 fully saturated rings. The highest BCUT2D eigenvalue weighted by Gasteiger charge is 2.49. The Bertz CT molecular complexity index is 1310. The second kappa shape index (κ2) is 10.6. The maximum atomic E-state index is 13.3. The van der Waals surface area contributed by atoms with Crippen molar-refractivity contribution in [3.8, 4) is 0 Å². The standard InChI is InChI=1S/C32H33NO3S/c1-25-19-21-29(22-20-25)37(35,36)24-31(34)30-18-11-23-33(30)32(26-12-5-2-6-13-26,27-14-7-3-8-15-27)28-16-9-4-10-17-28/h2-10,12-17,19-22,30-31,34H,11,18,23-24H2,1H3/t30?,31-/m1/s1. The SMILES string of the molecule is Cc1ccc(S(=O)(=O)C[C@@H](O)C2CCCN2C(c2ccccc2)(c2ccccc2)c2ccccc2)cc1. The topological polar surface area (TPSA) is 57.6 Å². The van der Waals surface area contributed by atoms with Crippen molar-refractivity contribution in [3.05, 3.63) is 138 Å². The number of hydrogen-bond donors (Lipinski definition) is 1. The van der Waals surface area contributed by atoms with Crippen LogP contribution in [-0.4, -0.2) is 42.9 Å². The van der Waals surface area contributed by atoms with Crippen molar-refractivity contribution in [2.24, 2.45) is 0 Å². The van der Waals surface area contributed by atoms with E-state index in [2.05, 4.69) is 41.3 Å². The van der Waals surface area contributed by atoms with E-state index in [9.17, 15) is 13.5 Å². The van der Waals surface area contributed by atoms with E-state index in [0.717, 1.165) is 41.6 Å². The van der Waals surface area contributed by atoms with Crippen molar-refractivity contribution in [2.75, 3.05) is 12.3 Å². The van der Waals surface area contributed by atoms with Crippen LogP contribution in [0, 0.1) is 6.92 Å². The zero-order valence-corrected chi connectivity index (χ0v) is 21.9. The number of benzene rings is 4. The highest BCUT2D eigenvalue weighted by Crippen LogP contribution is 2.46. The van der Waals surface area contributed by atoms with Crippen LogP contribution in [0.5, 0.6) is 0 Å². The lowest BCUT2D eigenvalue weighted by Gasteiger charge is -2.47. The van der Waals surface area contributed by atoms with Crippen molar-refractivity contribution >= 4 is 9.84 Å². The number of aryl methyl sites for hydroxylation is 1. The van der Waals surface area contributed by atoms with Crippen LogP contribution >= 0.6 is 0 Å². The number of nitrogens with zero attached hydrogens (tertiary/aromatic N) is 1. The predicted molar refractivity (Wildman–Crippen MR) is 148 cm³/mol. The number of aliphatic hydroxyl groups is 1. The first kappa shape index (κ1) is 25.4. The minimum absolute atomic E-state index is 0.252. The summed E-state index contributed by atoms with van der Waals surface area (Å²) in [6, 6.07) is 37.6. The van der Waals surface area contributed by atoms with E-state index in [0.29, 0.717) is 0 Å². The van der Waals surface area contributed by atoms with E-state index in [4.69, 9.17) is 0 Å². The van der Waals surface area contributed by atoms with Gasteiger partial charge in [0.2, 0.25) is 0 Å². The van der Waals surface area contributed by atoms with Crippen LogP contribution < -0.4 is 0 Å². The van der Waals surface area contributed by atoms with Gasteiger partial charge in [0.25, 0.3) is 0 Å². The Labute approximate surface area is 220 Å². The van der Waals surface area contributed by atoms with Gasteiger partial charge in [0.05, 0.1) is 22.3 Å². The fraction of sp³-hybridized carbons (Fsp3) is 0.250. The van der Waals surface area contributed by atoms with Crippen molar-refractivity contribution in [2.45, 2.75) is 42.3 Å². The fourth-order valence-corrected chi connectivity index (χ4v) is 7.24. The largest absolute Gasteiger partial charge is 0.390 e. The first-order valence-corrected chi connectivity index (χ1v) is 14.5. The Morgan fingerprint density at radius 2 is 1.24 bits per heavy atom. The molecule has 0 bridgehead atoms. The Balaban J connectivity index is 1.62. The van der Waals surface area contributed by atoms with E-state index in [1.165, 1.54) is 0 Å². The van der Waals surface area contributed by atoms with Crippen LogP contribution in [0.3, 0.4) is 0 Å². The summed E-state index contributed by atoms with van der Waals surface area (Å²) in [6.07, 6.45) is 0.559. The van der Waals surface area contributed by atoms with Crippen LogP contribution in [-0.2, 0) is 15.4 Å². The second-order valence-corrected chi connectivity index (χ2v) is 11.9. The van der Waals surface area contributed by atoms with Gasteiger partial charge < -0.3 is 5.11 Å². The van der Waals surface area contributed by atoms with Crippen LogP contribution in [0.2, 0.25) is 0 Å². The lowest BCUT2D eigenvalue weighted by Crippen LogP contribution is -2.54. The molecule has 5 heteroatoms. The quantitative estimate of drug-likeness (QED) is 0.314. The Morgan fingerprint density at radius 1 is 0.784 bits per heavy atom. The molecular formula is C32H33NO3S. The lowest BCUT2D eigenvalue weighted by atomic mass is 9.75. The number of aliphatic hydroxyl groups excluding tert-OH is 1. The lowest BCUT2D eigenvalue weighted by molar-refractivity contribution is 0.0451. The normalized spacial score (nSPS) is 17.5. The summed E-state index contributed by atoms with van der Waals surface area (Å²) in [5.41, 5.74) is 3.59. The van der Waals surface area contributed by atoms with Gasteiger partial charge in [-0.3, -0.25) is 4.90 Å². The summed E-state index contributed by atoms with van der Waals surface area (Å²) in [5, 5.41) is 11.6. The van der Waals surface area contributed by atoms with E-state index in [1.807, 2.05) is 61.5 Å². The third-order valence-corrected chi connectivity index (χ3v) is 9.29. The second-order valence-electron chi connectivity index (χ2n) is 9.87. The Kier molecular flexibility index (Phi) is 7.29. The molecule has 0 aromatic heterocycles. The molecule has 4 aromatic rings. The first-order valence-electron chi connectivity index (χ1n) is 12.8. The maximum absolute atomic E-state index is 13.3. The summed E-state index contributed by atoms with van der Waals surface area (Å²) >= 11 is 0. The number of hydrogen-bond acceptors (Lipinski definition) is 4. The van der Waals surface area contributed by atoms with Crippen molar-refractivity contribution in [3.63, 3.8) is 0 Å². The summed E-state index contributed by atoms with van der Waals surface area (Å²) in [4.78, 5) is 2.59. The molecule has 0 aliphatic carbocycles. The summed E-state index contributed by atoms with van der Waals surface area (Å²) < 4.78 is 26.6. The van der Waals surface area contributed by atoms with Crippen molar-refractivity contribution in [1.29, 1.82) is 0 Å². The molecule has 0 spiro atoms. The molecule has 0 amide bonds. The third-order valence-electron chi connectivity index (χ3n) is 7.52. The van der Waals surface area contributed by atoms with Crippen LogP contribution in [0.25, 0.3) is 0 Å². The van der Waals surface area contributed by atoms with E-state index in [1.54, 1.807) is 24.3 Å². The average molecular weight is 512 g/mol. The van der Waals surface area contributed by atoms with Crippen LogP contribution in [0.15, 0.2) is 120 Å². The average Bonchev–Trinajstić information content (AvgIpc) is 3.42. The molecule has 5 rings (SSSR count). The zero-order chi connectivity index (χ0) is 25.9. The molecule has 1 aliphatic heterocycles. The maximum Gasteiger partial charge on any atom is 0.180 e. The van der Waals surface area contributed by atoms with Gasteiger partial charge >= 0.3 is 0 Å². The van der Waals surface area contributed by atoms with Crippen molar-refractivity contribution < 1.29 is 13.5 Å². The van der Waals surface area contributed by atoms with Crippen LogP contribution in [0.1, 0.15) is 35.1 Å².